The molecule has 2 N–H and O–H groups in total. The number of aliphatic hydroxyl groups excluding tert-OH is 1. The standard InChI is InChI=1S/C15H18N2O4/c1-17-13(19)12(9-4-3-5-10(8-9)21-2)15(14(17)20)7-6-11(18)16-15/h3-5,8,12-13,19H,6-7H2,1-2H3,(H,16,18)/t12-,13?,15-/m0/s1. The summed E-state index contributed by atoms with van der Waals surface area (Å²) >= 11 is 0. The number of methoxy groups -OCH3 is 1. The molecular weight excluding hydrogens is 272 g/mol. The molecular formula is C15H18N2O4. The zero-order chi connectivity index (χ0) is 15.2. The van der Waals surface area contributed by atoms with Crippen molar-refractivity contribution < 1.29 is 19.4 Å². The van der Waals surface area contributed by atoms with E-state index in [1.54, 1.807) is 26.3 Å². The summed E-state index contributed by atoms with van der Waals surface area (Å²) in [6.07, 6.45) is -0.274. The van der Waals surface area contributed by atoms with Crippen molar-refractivity contribution in [3.8, 4) is 5.75 Å². The molecule has 0 radical (unpaired) electrons. The van der Waals surface area contributed by atoms with Gasteiger partial charge in [0.15, 0.2) is 0 Å². The third-order valence-corrected chi connectivity index (χ3v) is 4.49. The van der Waals surface area contributed by atoms with E-state index >= 15 is 0 Å². The van der Waals surface area contributed by atoms with Gasteiger partial charge in [-0.1, -0.05) is 12.1 Å². The van der Waals surface area contributed by atoms with Crippen LogP contribution in [-0.4, -0.2) is 47.7 Å². The van der Waals surface area contributed by atoms with E-state index < -0.39 is 17.7 Å². The van der Waals surface area contributed by atoms with Crippen molar-refractivity contribution in [2.24, 2.45) is 0 Å². The van der Waals surface area contributed by atoms with E-state index in [0.29, 0.717) is 18.6 Å². The molecule has 2 aliphatic rings. The summed E-state index contributed by atoms with van der Waals surface area (Å²) in [5.74, 6) is -0.245. The molecule has 21 heavy (non-hydrogen) atoms. The molecule has 2 amide bonds. The van der Waals surface area contributed by atoms with E-state index in [9.17, 15) is 14.7 Å². The molecule has 2 fully saturated rings. The number of amides is 2. The van der Waals surface area contributed by atoms with Gasteiger partial charge >= 0.3 is 0 Å². The monoisotopic (exact) mass is 290 g/mol. The Hall–Kier alpha value is -2.08. The van der Waals surface area contributed by atoms with Crippen LogP contribution in [0.25, 0.3) is 0 Å². The third-order valence-electron chi connectivity index (χ3n) is 4.49. The second-order valence-corrected chi connectivity index (χ2v) is 5.60. The number of rotatable bonds is 2. The molecule has 3 atom stereocenters. The molecule has 6 heteroatoms. The van der Waals surface area contributed by atoms with Crippen LogP contribution in [0, 0.1) is 0 Å². The first-order chi connectivity index (χ1) is 9.99. The lowest BCUT2D eigenvalue weighted by molar-refractivity contribution is -0.136. The molecule has 6 nitrogen and oxygen atoms in total. The van der Waals surface area contributed by atoms with Gasteiger partial charge in [0.1, 0.15) is 17.5 Å². The predicted octanol–water partition coefficient (Wildman–Crippen LogP) is 0.218. The molecule has 1 spiro atoms. The van der Waals surface area contributed by atoms with Crippen LogP contribution in [0.15, 0.2) is 24.3 Å². The third kappa shape index (κ3) is 1.90. The predicted molar refractivity (Wildman–Crippen MR) is 74.6 cm³/mol. The van der Waals surface area contributed by atoms with Gasteiger partial charge in [-0.15, -0.1) is 0 Å². The highest BCUT2D eigenvalue weighted by Gasteiger charge is 2.61. The lowest BCUT2D eigenvalue weighted by Crippen LogP contribution is -2.51. The highest BCUT2D eigenvalue weighted by Crippen LogP contribution is 2.45. The van der Waals surface area contributed by atoms with Crippen molar-refractivity contribution in [1.82, 2.24) is 10.2 Å². The number of carbonyl (C=O) groups is 2. The average Bonchev–Trinajstić information content (AvgIpc) is 2.95. The highest BCUT2D eigenvalue weighted by atomic mass is 16.5. The molecule has 2 heterocycles. The van der Waals surface area contributed by atoms with Crippen LogP contribution >= 0.6 is 0 Å². The molecule has 0 bridgehead atoms. The van der Waals surface area contributed by atoms with E-state index in [4.69, 9.17) is 4.74 Å². The Morgan fingerprint density at radius 3 is 2.81 bits per heavy atom. The average molecular weight is 290 g/mol. The fourth-order valence-electron chi connectivity index (χ4n) is 3.42. The molecule has 1 aromatic carbocycles. The van der Waals surface area contributed by atoms with Gasteiger partial charge in [0, 0.05) is 13.5 Å². The fraction of sp³-hybridized carbons (Fsp3) is 0.467. The molecule has 0 aromatic heterocycles. The van der Waals surface area contributed by atoms with Crippen LogP contribution in [0.3, 0.4) is 0 Å². The molecule has 0 saturated carbocycles. The summed E-state index contributed by atoms with van der Waals surface area (Å²) in [6.45, 7) is 0. The first kappa shape index (κ1) is 13.9. The van der Waals surface area contributed by atoms with Gasteiger partial charge in [-0.05, 0) is 24.1 Å². The van der Waals surface area contributed by atoms with Crippen molar-refractivity contribution in [2.45, 2.75) is 30.5 Å². The first-order valence-corrected chi connectivity index (χ1v) is 6.90. The zero-order valence-electron chi connectivity index (χ0n) is 12.0. The van der Waals surface area contributed by atoms with Crippen LogP contribution in [-0.2, 0) is 9.59 Å². The van der Waals surface area contributed by atoms with E-state index in [0.717, 1.165) is 5.56 Å². The first-order valence-electron chi connectivity index (χ1n) is 6.90. The van der Waals surface area contributed by atoms with Crippen molar-refractivity contribution in [3.05, 3.63) is 29.8 Å². The van der Waals surface area contributed by atoms with Crippen LogP contribution in [0.1, 0.15) is 24.3 Å². The molecule has 1 unspecified atom stereocenters. The maximum atomic E-state index is 12.5. The summed E-state index contributed by atoms with van der Waals surface area (Å²) in [4.78, 5) is 25.5. The van der Waals surface area contributed by atoms with Gasteiger partial charge in [0.25, 0.3) is 5.91 Å². The Balaban J connectivity index is 2.09. The molecule has 2 saturated heterocycles. The summed E-state index contributed by atoms with van der Waals surface area (Å²) in [5, 5.41) is 13.3. The normalized spacial score (nSPS) is 31.9. The van der Waals surface area contributed by atoms with Crippen LogP contribution < -0.4 is 10.1 Å². The number of nitrogens with one attached hydrogen (secondary N) is 1. The Morgan fingerprint density at radius 1 is 1.43 bits per heavy atom. The molecule has 2 aliphatic heterocycles. The number of aliphatic hydroxyl groups is 1. The molecule has 1 aromatic rings. The Labute approximate surface area is 122 Å². The number of ether oxygens (including phenoxy) is 1. The highest BCUT2D eigenvalue weighted by molar-refractivity contribution is 5.97. The number of hydrogen-bond acceptors (Lipinski definition) is 4. The number of carbonyl (C=O) groups excluding carboxylic acids is 2. The minimum absolute atomic E-state index is 0.154. The molecule has 112 valence electrons. The van der Waals surface area contributed by atoms with E-state index in [-0.39, 0.29) is 11.8 Å². The Morgan fingerprint density at radius 2 is 2.19 bits per heavy atom. The van der Waals surface area contributed by atoms with Crippen LogP contribution in [0.2, 0.25) is 0 Å². The van der Waals surface area contributed by atoms with E-state index in [2.05, 4.69) is 5.32 Å². The van der Waals surface area contributed by atoms with Gasteiger partial charge in [-0.3, -0.25) is 9.59 Å². The number of benzene rings is 1. The van der Waals surface area contributed by atoms with E-state index in [1.807, 2.05) is 12.1 Å². The largest absolute Gasteiger partial charge is 0.497 e. The maximum Gasteiger partial charge on any atom is 0.250 e. The molecule has 3 rings (SSSR count). The second kappa shape index (κ2) is 4.73. The van der Waals surface area contributed by atoms with Crippen molar-refractivity contribution in [1.29, 1.82) is 0 Å². The SMILES string of the molecule is COc1cccc([C@H]2C(O)N(C)C(=O)[C@]23CCC(=O)N3)c1. The smallest absolute Gasteiger partial charge is 0.250 e. The van der Waals surface area contributed by atoms with Gasteiger partial charge in [0.2, 0.25) is 5.91 Å². The van der Waals surface area contributed by atoms with Crippen molar-refractivity contribution in [3.63, 3.8) is 0 Å². The number of hydrogen-bond donors (Lipinski definition) is 2. The summed E-state index contributed by atoms with van der Waals surface area (Å²) in [7, 11) is 3.12. The van der Waals surface area contributed by atoms with Crippen molar-refractivity contribution in [2.75, 3.05) is 14.2 Å². The summed E-state index contributed by atoms with van der Waals surface area (Å²) in [6, 6.07) is 7.26. The van der Waals surface area contributed by atoms with E-state index in [1.165, 1.54) is 4.90 Å². The number of likely N-dealkylation sites (tertiary alicyclic amines) is 1. The Kier molecular flexibility index (Phi) is 3.13. The lowest BCUT2D eigenvalue weighted by Gasteiger charge is -2.29. The van der Waals surface area contributed by atoms with Gasteiger partial charge in [-0.2, -0.15) is 0 Å². The van der Waals surface area contributed by atoms with Gasteiger partial charge in [0.05, 0.1) is 13.0 Å². The minimum atomic E-state index is -1.04. The second-order valence-electron chi connectivity index (χ2n) is 5.60. The molecule has 0 aliphatic carbocycles. The zero-order valence-corrected chi connectivity index (χ0v) is 12.0. The minimum Gasteiger partial charge on any atom is -0.497 e. The van der Waals surface area contributed by atoms with Crippen molar-refractivity contribution >= 4 is 11.8 Å². The number of likely N-dealkylation sites (N-methyl/N-ethyl adjacent to an activating group) is 1. The fourth-order valence-corrected chi connectivity index (χ4v) is 3.42. The van der Waals surface area contributed by atoms with Gasteiger partial charge < -0.3 is 20.1 Å². The topological polar surface area (TPSA) is 78.9 Å². The maximum absolute atomic E-state index is 12.5. The van der Waals surface area contributed by atoms with Crippen LogP contribution in [0.5, 0.6) is 5.75 Å². The quantitative estimate of drug-likeness (QED) is 0.816. The Bertz CT molecular complexity index is 603. The lowest BCUT2D eigenvalue weighted by atomic mass is 9.79. The van der Waals surface area contributed by atoms with Gasteiger partial charge in [-0.25, -0.2) is 0 Å². The number of nitrogens with zero attached hydrogens (tertiary/aromatic N) is 1. The van der Waals surface area contributed by atoms with Crippen LogP contribution in [0.4, 0.5) is 0 Å². The summed E-state index contributed by atoms with van der Waals surface area (Å²) in [5.41, 5.74) is -0.265. The summed E-state index contributed by atoms with van der Waals surface area (Å²) < 4.78 is 5.21.